The van der Waals surface area contributed by atoms with Crippen LogP contribution in [0.1, 0.15) is 16.3 Å². The maximum atomic E-state index is 10.8. The fraction of sp³-hybridized carbons (Fsp3) is 0.667. The van der Waals surface area contributed by atoms with E-state index in [0.29, 0.717) is 6.54 Å². The number of nitrogens with one attached hydrogen (secondary N) is 2. The summed E-state index contributed by atoms with van der Waals surface area (Å²) < 4.78 is 23.9. The van der Waals surface area contributed by atoms with Gasteiger partial charge in [0.25, 0.3) is 0 Å². The lowest BCUT2D eigenvalue weighted by Crippen LogP contribution is -2.26. The number of sulfonamides is 1. The molecule has 1 rings (SSSR count). The van der Waals surface area contributed by atoms with E-state index in [1.165, 1.54) is 11.1 Å². The summed E-state index contributed by atoms with van der Waals surface area (Å²) in [7, 11) is -3.05. The first-order valence-corrected chi connectivity index (χ1v) is 7.75. The van der Waals surface area contributed by atoms with Gasteiger partial charge in [-0.05, 0) is 19.9 Å². The van der Waals surface area contributed by atoms with Crippen LogP contribution in [0.5, 0.6) is 0 Å². The predicted octanol–water partition coefficient (Wildman–Crippen LogP) is 0.480. The molecule has 0 aliphatic rings. The van der Waals surface area contributed by atoms with E-state index >= 15 is 0 Å². The van der Waals surface area contributed by atoms with Crippen LogP contribution in [0.2, 0.25) is 0 Å². The first-order chi connectivity index (χ1) is 7.47. The van der Waals surface area contributed by atoms with Crippen molar-refractivity contribution in [1.29, 1.82) is 0 Å². The normalized spacial score (nSPS) is 11.9. The van der Waals surface area contributed by atoms with Crippen LogP contribution in [-0.4, -0.2) is 32.7 Å². The van der Waals surface area contributed by atoms with Gasteiger partial charge in [-0.1, -0.05) is 0 Å². The van der Waals surface area contributed by atoms with Gasteiger partial charge < -0.3 is 5.32 Å². The van der Waals surface area contributed by atoms with Gasteiger partial charge >= 0.3 is 0 Å². The summed E-state index contributed by atoms with van der Waals surface area (Å²) in [4.78, 5) is 5.35. The fourth-order valence-corrected chi connectivity index (χ4v) is 2.45. The van der Waals surface area contributed by atoms with Crippen LogP contribution in [0.4, 0.5) is 0 Å². The number of nitrogens with zero attached hydrogens (tertiary/aromatic N) is 1. The van der Waals surface area contributed by atoms with Gasteiger partial charge in [0.05, 0.1) is 11.3 Å². The molecule has 0 bridgehead atoms. The number of aryl methyl sites for hydroxylation is 1. The molecule has 0 unspecified atom stereocenters. The van der Waals surface area contributed by atoms with Crippen molar-refractivity contribution in [3.05, 3.63) is 16.1 Å². The number of hydrogen-bond acceptors (Lipinski definition) is 5. The molecule has 0 aliphatic carbocycles. The Hall–Kier alpha value is -0.500. The van der Waals surface area contributed by atoms with Crippen LogP contribution in [0.25, 0.3) is 0 Å². The molecule has 1 heterocycles. The third-order valence-electron chi connectivity index (χ3n) is 1.86. The van der Waals surface area contributed by atoms with Crippen LogP contribution in [-0.2, 0) is 16.6 Å². The Morgan fingerprint density at radius 2 is 2.19 bits per heavy atom. The average molecular weight is 263 g/mol. The summed E-state index contributed by atoms with van der Waals surface area (Å²) in [6, 6.07) is 0. The van der Waals surface area contributed by atoms with Crippen molar-refractivity contribution in [3.8, 4) is 0 Å². The lowest BCUT2D eigenvalue weighted by molar-refractivity contribution is 0.579. The van der Waals surface area contributed by atoms with E-state index < -0.39 is 10.0 Å². The Morgan fingerprint density at radius 3 is 2.75 bits per heavy atom. The first-order valence-electron chi connectivity index (χ1n) is 5.04. The highest BCUT2D eigenvalue weighted by Gasteiger charge is 1.99. The van der Waals surface area contributed by atoms with Crippen molar-refractivity contribution in [3.63, 3.8) is 0 Å². The molecule has 16 heavy (non-hydrogen) atoms. The maximum absolute atomic E-state index is 10.8. The Labute approximate surface area is 100 Å². The highest BCUT2D eigenvalue weighted by atomic mass is 32.2. The zero-order valence-corrected chi connectivity index (χ0v) is 11.1. The van der Waals surface area contributed by atoms with Crippen molar-refractivity contribution in [1.82, 2.24) is 15.0 Å². The molecule has 5 nitrogen and oxygen atoms in total. The number of hydrogen-bond donors (Lipinski definition) is 2. The second-order valence-corrected chi connectivity index (χ2v) is 6.69. The molecule has 0 amide bonds. The molecule has 0 atom stereocenters. The van der Waals surface area contributed by atoms with Crippen molar-refractivity contribution in [2.75, 3.05) is 19.3 Å². The van der Waals surface area contributed by atoms with Gasteiger partial charge in [0, 0.05) is 24.2 Å². The van der Waals surface area contributed by atoms with Gasteiger partial charge in [0.15, 0.2) is 0 Å². The molecule has 0 saturated carbocycles. The second-order valence-electron chi connectivity index (χ2n) is 3.54. The summed E-state index contributed by atoms with van der Waals surface area (Å²) in [6.45, 7) is 4.04. The van der Waals surface area contributed by atoms with Crippen molar-refractivity contribution < 1.29 is 8.42 Å². The largest absolute Gasteiger partial charge is 0.312 e. The fourth-order valence-electron chi connectivity index (χ4n) is 1.17. The minimum absolute atomic E-state index is 0.480. The molecule has 0 spiro atoms. The van der Waals surface area contributed by atoms with E-state index in [-0.39, 0.29) is 0 Å². The summed E-state index contributed by atoms with van der Waals surface area (Å²) in [5.74, 6) is 0. The molecule has 1 aromatic heterocycles. The third-order valence-corrected chi connectivity index (χ3v) is 3.50. The van der Waals surface area contributed by atoms with Crippen molar-refractivity contribution >= 4 is 21.4 Å². The van der Waals surface area contributed by atoms with Gasteiger partial charge in [-0.15, -0.1) is 11.3 Å². The second kappa shape index (κ2) is 6.29. The van der Waals surface area contributed by atoms with E-state index in [4.69, 9.17) is 0 Å². The average Bonchev–Trinajstić information content (AvgIpc) is 2.56. The van der Waals surface area contributed by atoms with E-state index in [2.05, 4.69) is 15.0 Å². The zero-order chi connectivity index (χ0) is 12.0. The minimum Gasteiger partial charge on any atom is -0.312 e. The molecule has 0 aliphatic heterocycles. The SMILES string of the molecule is Cc1ncc(CNCCCNS(C)(=O)=O)s1. The highest BCUT2D eigenvalue weighted by molar-refractivity contribution is 7.88. The lowest BCUT2D eigenvalue weighted by Gasteiger charge is -2.03. The van der Waals surface area contributed by atoms with Crippen LogP contribution >= 0.6 is 11.3 Å². The van der Waals surface area contributed by atoms with Crippen LogP contribution < -0.4 is 10.0 Å². The predicted molar refractivity (Wildman–Crippen MR) is 66.0 cm³/mol. The minimum atomic E-state index is -3.05. The Bertz CT molecular complexity index is 414. The number of rotatable bonds is 7. The van der Waals surface area contributed by atoms with E-state index in [1.807, 2.05) is 13.1 Å². The molecule has 2 N–H and O–H groups in total. The first kappa shape index (κ1) is 13.6. The van der Waals surface area contributed by atoms with E-state index in [1.54, 1.807) is 11.3 Å². The Morgan fingerprint density at radius 1 is 1.44 bits per heavy atom. The molecule has 92 valence electrons. The van der Waals surface area contributed by atoms with Crippen LogP contribution in [0.3, 0.4) is 0 Å². The molecule has 1 aromatic rings. The molecule has 0 saturated heterocycles. The van der Waals surface area contributed by atoms with Gasteiger partial charge in [0.1, 0.15) is 0 Å². The summed E-state index contributed by atoms with van der Waals surface area (Å²) >= 11 is 1.67. The van der Waals surface area contributed by atoms with Crippen LogP contribution in [0, 0.1) is 6.92 Å². The highest BCUT2D eigenvalue weighted by Crippen LogP contribution is 2.10. The topological polar surface area (TPSA) is 71.1 Å². The third kappa shape index (κ3) is 6.16. The molecule has 0 radical (unpaired) electrons. The standard InChI is InChI=1S/C9H17N3O2S2/c1-8-11-7-9(15-8)6-10-4-3-5-12-16(2,13)14/h7,10,12H,3-6H2,1-2H3. The quantitative estimate of drug-likeness (QED) is 0.702. The number of aromatic nitrogens is 1. The summed E-state index contributed by atoms with van der Waals surface area (Å²) in [6.07, 6.45) is 3.81. The van der Waals surface area contributed by atoms with Gasteiger partial charge in [-0.3, -0.25) is 0 Å². The van der Waals surface area contributed by atoms with Gasteiger partial charge in [-0.25, -0.2) is 18.1 Å². The maximum Gasteiger partial charge on any atom is 0.208 e. The van der Waals surface area contributed by atoms with E-state index in [9.17, 15) is 8.42 Å². The van der Waals surface area contributed by atoms with E-state index in [0.717, 1.165) is 24.5 Å². The zero-order valence-electron chi connectivity index (χ0n) is 9.49. The van der Waals surface area contributed by atoms with Crippen LogP contribution in [0.15, 0.2) is 6.20 Å². The van der Waals surface area contributed by atoms with Gasteiger partial charge in [-0.2, -0.15) is 0 Å². The van der Waals surface area contributed by atoms with Crippen molar-refractivity contribution in [2.24, 2.45) is 0 Å². The molecule has 7 heteroatoms. The van der Waals surface area contributed by atoms with Crippen molar-refractivity contribution in [2.45, 2.75) is 19.9 Å². The Balaban J connectivity index is 2.04. The molecule has 0 fully saturated rings. The monoisotopic (exact) mass is 263 g/mol. The smallest absolute Gasteiger partial charge is 0.208 e. The lowest BCUT2D eigenvalue weighted by atomic mass is 10.4. The summed E-state index contributed by atoms with van der Waals surface area (Å²) in [5.41, 5.74) is 0. The molecule has 0 aromatic carbocycles. The number of thiazole rings is 1. The molecular formula is C9H17N3O2S2. The Kier molecular flexibility index (Phi) is 5.33. The summed E-state index contributed by atoms with van der Waals surface area (Å²) in [5, 5.41) is 4.30. The molecular weight excluding hydrogens is 246 g/mol. The van der Waals surface area contributed by atoms with Gasteiger partial charge in [0.2, 0.25) is 10.0 Å².